The first-order chi connectivity index (χ1) is 11.0. The Kier molecular flexibility index (Phi) is 4.39. The highest BCUT2D eigenvalue weighted by Gasteiger charge is 2.24. The molecule has 2 aromatic heterocycles. The van der Waals surface area contributed by atoms with Crippen molar-refractivity contribution in [1.29, 1.82) is 0 Å². The lowest BCUT2D eigenvalue weighted by Crippen LogP contribution is -2.39. The number of carbonyl (C=O) groups is 1. The standard InChI is InChI=1S/C16H23N5OS/c1-4-21-10(3)12(9(2)20-21)8-15(22)18-11-5-6-13-14(7-11)23-16(17)19-13/h11H,4-8H2,1-3H3,(H2,17,19)(H,18,22)/t11-/m0/s1. The number of aryl methyl sites for hydroxylation is 3. The number of nitrogens with two attached hydrogens (primary N) is 1. The van der Waals surface area contributed by atoms with Crippen LogP contribution >= 0.6 is 11.3 Å². The number of hydrogen-bond donors (Lipinski definition) is 2. The first-order valence-corrected chi connectivity index (χ1v) is 8.85. The summed E-state index contributed by atoms with van der Waals surface area (Å²) in [5.41, 5.74) is 9.95. The molecule has 0 bridgehead atoms. The molecule has 0 saturated heterocycles. The zero-order valence-electron chi connectivity index (χ0n) is 13.8. The average Bonchev–Trinajstić information content (AvgIpc) is 3.00. The first-order valence-electron chi connectivity index (χ1n) is 8.04. The molecule has 0 spiro atoms. The van der Waals surface area contributed by atoms with Crippen molar-refractivity contribution in [2.75, 3.05) is 5.73 Å². The predicted molar refractivity (Wildman–Crippen MR) is 91.6 cm³/mol. The maximum Gasteiger partial charge on any atom is 0.224 e. The molecule has 0 unspecified atom stereocenters. The third-order valence-electron chi connectivity index (χ3n) is 4.49. The van der Waals surface area contributed by atoms with Gasteiger partial charge >= 0.3 is 0 Å². The monoisotopic (exact) mass is 333 g/mol. The van der Waals surface area contributed by atoms with Crippen LogP contribution in [-0.2, 0) is 30.6 Å². The Labute approximate surface area is 140 Å². The van der Waals surface area contributed by atoms with E-state index in [9.17, 15) is 4.79 Å². The molecule has 2 heterocycles. The summed E-state index contributed by atoms with van der Waals surface area (Å²) in [4.78, 5) is 18.0. The molecule has 7 heteroatoms. The minimum absolute atomic E-state index is 0.0674. The fourth-order valence-corrected chi connectivity index (χ4v) is 4.21. The van der Waals surface area contributed by atoms with E-state index in [-0.39, 0.29) is 11.9 Å². The van der Waals surface area contributed by atoms with Crippen molar-refractivity contribution in [3.8, 4) is 0 Å². The molecular formula is C16H23N5OS. The Balaban J connectivity index is 1.63. The molecule has 1 atom stereocenters. The summed E-state index contributed by atoms with van der Waals surface area (Å²) in [6.07, 6.45) is 3.04. The molecule has 0 saturated carbocycles. The van der Waals surface area contributed by atoms with Crippen molar-refractivity contribution >= 4 is 22.4 Å². The van der Waals surface area contributed by atoms with Crippen molar-refractivity contribution in [3.63, 3.8) is 0 Å². The molecule has 2 aromatic rings. The number of nitrogens with one attached hydrogen (secondary N) is 1. The molecule has 6 nitrogen and oxygen atoms in total. The van der Waals surface area contributed by atoms with E-state index < -0.39 is 0 Å². The summed E-state index contributed by atoms with van der Waals surface area (Å²) in [6, 6.07) is 0.177. The Hall–Kier alpha value is -1.89. The van der Waals surface area contributed by atoms with Gasteiger partial charge in [0.2, 0.25) is 5.91 Å². The molecule has 0 aliphatic heterocycles. The van der Waals surface area contributed by atoms with E-state index in [0.29, 0.717) is 11.6 Å². The topological polar surface area (TPSA) is 85.8 Å². The summed E-state index contributed by atoms with van der Waals surface area (Å²) in [5, 5.41) is 8.26. The van der Waals surface area contributed by atoms with E-state index in [4.69, 9.17) is 5.73 Å². The smallest absolute Gasteiger partial charge is 0.224 e. The fourth-order valence-electron chi connectivity index (χ4n) is 3.26. The predicted octanol–water partition coefficient (Wildman–Crippen LogP) is 1.77. The van der Waals surface area contributed by atoms with E-state index in [1.165, 1.54) is 16.2 Å². The van der Waals surface area contributed by atoms with Crippen LogP contribution in [0.5, 0.6) is 0 Å². The fraction of sp³-hybridized carbons (Fsp3) is 0.562. The number of hydrogen-bond acceptors (Lipinski definition) is 5. The molecule has 1 aliphatic carbocycles. The molecule has 3 rings (SSSR count). The zero-order valence-corrected chi connectivity index (χ0v) is 14.7. The highest BCUT2D eigenvalue weighted by atomic mass is 32.1. The van der Waals surface area contributed by atoms with Crippen LogP contribution in [0.4, 0.5) is 5.13 Å². The summed E-state index contributed by atoms with van der Waals surface area (Å²) in [5.74, 6) is 0.0674. The van der Waals surface area contributed by atoms with Gasteiger partial charge < -0.3 is 11.1 Å². The van der Waals surface area contributed by atoms with Gasteiger partial charge in [-0.3, -0.25) is 9.48 Å². The Morgan fingerprint density at radius 1 is 1.48 bits per heavy atom. The summed E-state index contributed by atoms with van der Waals surface area (Å²) in [7, 11) is 0. The molecule has 3 N–H and O–H groups in total. The van der Waals surface area contributed by atoms with Crippen molar-refractivity contribution in [2.45, 2.75) is 59.0 Å². The minimum atomic E-state index is 0.0674. The van der Waals surface area contributed by atoms with Gasteiger partial charge in [0.25, 0.3) is 0 Å². The summed E-state index contributed by atoms with van der Waals surface area (Å²) in [6.45, 7) is 6.88. The van der Waals surface area contributed by atoms with Gasteiger partial charge in [-0.2, -0.15) is 5.10 Å². The highest BCUT2D eigenvalue weighted by molar-refractivity contribution is 7.15. The van der Waals surface area contributed by atoms with Gasteiger partial charge in [-0.25, -0.2) is 4.98 Å². The SMILES string of the molecule is CCn1nc(C)c(CC(=O)N[C@H]2CCc3nc(N)sc3C2)c1C. The molecule has 0 aromatic carbocycles. The number of aromatic nitrogens is 3. The number of anilines is 1. The van der Waals surface area contributed by atoms with Crippen LogP contribution in [0.3, 0.4) is 0 Å². The van der Waals surface area contributed by atoms with E-state index >= 15 is 0 Å². The third kappa shape index (κ3) is 3.24. The molecule has 1 amide bonds. The van der Waals surface area contributed by atoms with Crippen LogP contribution in [0.1, 0.15) is 40.9 Å². The van der Waals surface area contributed by atoms with Crippen LogP contribution in [0.25, 0.3) is 0 Å². The zero-order chi connectivity index (χ0) is 16.6. The molecule has 1 aliphatic rings. The highest BCUT2D eigenvalue weighted by Crippen LogP contribution is 2.28. The van der Waals surface area contributed by atoms with E-state index in [1.807, 2.05) is 18.5 Å². The van der Waals surface area contributed by atoms with Crippen molar-refractivity contribution in [1.82, 2.24) is 20.1 Å². The number of amides is 1. The maximum atomic E-state index is 12.4. The van der Waals surface area contributed by atoms with Crippen LogP contribution in [0.15, 0.2) is 0 Å². The number of nitrogen functional groups attached to an aromatic ring is 1. The maximum absolute atomic E-state index is 12.4. The molecule has 124 valence electrons. The number of nitrogens with zero attached hydrogens (tertiary/aromatic N) is 3. The second-order valence-electron chi connectivity index (χ2n) is 6.07. The van der Waals surface area contributed by atoms with Crippen LogP contribution in [0.2, 0.25) is 0 Å². The van der Waals surface area contributed by atoms with E-state index in [0.717, 1.165) is 48.5 Å². The molecule has 0 radical (unpaired) electrons. The minimum Gasteiger partial charge on any atom is -0.375 e. The molecule has 23 heavy (non-hydrogen) atoms. The summed E-state index contributed by atoms with van der Waals surface area (Å²) >= 11 is 1.54. The van der Waals surface area contributed by atoms with Crippen LogP contribution in [0, 0.1) is 13.8 Å². The lowest BCUT2D eigenvalue weighted by atomic mass is 9.97. The third-order valence-corrected chi connectivity index (χ3v) is 5.44. The van der Waals surface area contributed by atoms with Crippen molar-refractivity contribution in [2.24, 2.45) is 0 Å². The lowest BCUT2D eigenvalue weighted by Gasteiger charge is -2.22. The van der Waals surface area contributed by atoms with Gasteiger partial charge in [0.05, 0.1) is 17.8 Å². The quantitative estimate of drug-likeness (QED) is 0.893. The lowest BCUT2D eigenvalue weighted by molar-refractivity contribution is -0.121. The number of rotatable bonds is 4. The van der Waals surface area contributed by atoms with Gasteiger partial charge in [-0.1, -0.05) is 0 Å². The molecule has 0 fully saturated rings. The second-order valence-corrected chi connectivity index (χ2v) is 7.19. The van der Waals surface area contributed by atoms with Gasteiger partial charge in [0, 0.05) is 35.1 Å². The van der Waals surface area contributed by atoms with Gasteiger partial charge in [-0.15, -0.1) is 11.3 Å². The van der Waals surface area contributed by atoms with E-state index in [1.54, 1.807) is 0 Å². The summed E-state index contributed by atoms with van der Waals surface area (Å²) < 4.78 is 1.95. The van der Waals surface area contributed by atoms with Crippen LogP contribution in [-0.4, -0.2) is 26.7 Å². The largest absolute Gasteiger partial charge is 0.375 e. The van der Waals surface area contributed by atoms with Crippen molar-refractivity contribution in [3.05, 3.63) is 27.5 Å². The van der Waals surface area contributed by atoms with E-state index in [2.05, 4.69) is 22.3 Å². The van der Waals surface area contributed by atoms with Crippen LogP contribution < -0.4 is 11.1 Å². The van der Waals surface area contributed by atoms with Crippen molar-refractivity contribution < 1.29 is 4.79 Å². The second kappa shape index (κ2) is 6.31. The Morgan fingerprint density at radius 3 is 2.96 bits per heavy atom. The first kappa shape index (κ1) is 16.0. The Morgan fingerprint density at radius 2 is 2.26 bits per heavy atom. The number of fused-ring (bicyclic) bond motifs is 1. The van der Waals surface area contributed by atoms with Gasteiger partial charge in [0.1, 0.15) is 0 Å². The van der Waals surface area contributed by atoms with Gasteiger partial charge in [0.15, 0.2) is 5.13 Å². The molecular weight excluding hydrogens is 310 g/mol. The Bertz CT molecular complexity index is 733. The number of carbonyl (C=O) groups excluding carboxylic acids is 1. The number of thiazole rings is 1. The normalized spacial score (nSPS) is 17.1. The average molecular weight is 333 g/mol. The van der Waals surface area contributed by atoms with Gasteiger partial charge in [-0.05, 0) is 33.6 Å².